The van der Waals surface area contributed by atoms with Gasteiger partial charge < -0.3 is 14.9 Å². The Hall–Kier alpha value is -2.76. The lowest BCUT2D eigenvalue weighted by molar-refractivity contribution is 0.0685. The van der Waals surface area contributed by atoms with Crippen LogP contribution in [0.25, 0.3) is 10.8 Å². The van der Waals surface area contributed by atoms with Gasteiger partial charge in [0.25, 0.3) is 5.91 Å². The molecule has 4 nitrogen and oxygen atoms in total. The summed E-state index contributed by atoms with van der Waals surface area (Å²) in [5, 5.41) is 12.9. The number of halogens is 1. The number of likely N-dealkylation sites (tertiary alicyclic amines) is 2. The van der Waals surface area contributed by atoms with Gasteiger partial charge in [-0.1, -0.05) is 55.5 Å². The molecule has 2 aliphatic rings. The highest BCUT2D eigenvalue weighted by Gasteiger charge is 2.40. The average Bonchev–Trinajstić information content (AvgIpc) is 3.32. The van der Waals surface area contributed by atoms with Crippen molar-refractivity contribution in [1.29, 1.82) is 0 Å². The maximum Gasteiger partial charge on any atom is 0.254 e. The van der Waals surface area contributed by atoms with E-state index < -0.39 is 6.10 Å². The monoisotopic (exact) mass is 474 g/mol. The number of fused-ring (bicyclic) bond motifs is 1. The molecule has 2 fully saturated rings. The Labute approximate surface area is 207 Å². The molecule has 0 bridgehead atoms. The Morgan fingerprint density at radius 3 is 2.46 bits per heavy atom. The lowest BCUT2D eigenvalue weighted by Gasteiger charge is -2.35. The molecule has 1 N–H and O–H groups in total. The first kappa shape index (κ1) is 24.0. The summed E-state index contributed by atoms with van der Waals surface area (Å²) in [6, 6.07) is 20.9. The van der Waals surface area contributed by atoms with Gasteiger partial charge in [-0.25, -0.2) is 4.39 Å². The molecule has 2 saturated heterocycles. The molecule has 35 heavy (non-hydrogen) atoms. The van der Waals surface area contributed by atoms with Gasteiger partial charge in [0.15, 0.2) is 0 Å². The van der Waals surface area contributed by atoms with Crippen LogP contribution in [-0.2, 0) is 0 Å². The van der Waals surface area contributed by atoms with Crippen molar-refractivity contribution in [3.63, 3.8) is 0 Å². The van der Waals surface area contributed by atoms with E-state index in [1.54, 1.807) is 12.1 Å². The van der Waals surface area contributed by atoms with Crippen molar-refractivity contribution in [3.05, 3.63) is 83.7 Å². The number of piperidine rings is 1. The van der Waals surface area contributed by atoms with Gasteiger partial charge in [0.1, 0.15) is 5.82 Å². The van der Waals surface area contributed by atoms with Crippen molar-refractivity contribution in [2.75, 3.05) is 32.7 Å². The highest BCUT2D eigenvalue weighted by Crippen LogP contribution is 2.33. The highest BCUT2D eigenvalue weighted by molar-refractivity contribution is 6.07. The molecule has 0 radical (unpaired) electrons. The first-order valence-electron chi connectivity index (χ1n) is 13.0. The first-order chi connectivity index (χ1) is 17.0. The summed E-state index contributed by atoms with van der Waals surface area (Å²) in [7, 11) is 0. The third kappa shape index (κ3) is 5.12. The van der Waals surface area contributed by atoms with Crippen molar-refractivity contribution in [2.24, 2.45) is 11.8 Å². The Morgan fingerprint density at radius 2 is 1.71 bits per heavy atom. The van der Waals surface area contributed by atoms with E-state index in [1.165, 1.54) is 5.56 Å². The predicted octanol–water partition coefficient (Wildman–Crippen LogP) is 5.32. The fourth-order valence-electron chi connectivity index (χ4n) is 6.09. The Balaban J connectivity index is 1.26. The number of carbonyl (C=O) groups excluding carboxylic acids is 1. The zero-order chi connectivity index (χ0) is 24.4. The summed E-state index contributed by atoms with van der Waals surface area (Å²) in [5.74, 6) is 0.694. The molecule has 1 amide bonds. The Kier molecular flexibility index (Phi) is 7.17. The number of rotatable bonds is 6. The zero-order valence-corrected chi connectivity index (χ0v) is 20.4. The van der Waals surface area contributed by atoms with Crippen LogP contribution in [0.15, 0.2) is 66.7 Å². The minimum atomic E-state index is -0.401. The molecule has 5 heteroatoms. The third-order valence-corrected chi connectivity index (χ3v) is 8.13. The number of aliphatic hydroxyl groups is 1. The number of amides is 1. The van der Waals surface area contributed by atoms with Crippen LogP contribution < -0.4 is 0 Å². The summed E-state index contributed by atoms with van der Waals surface area (Å²) in [6.07, 6.45) is 2.40. The van der Waals surface area contributed by atoms with Crippen molar-refractivity contribution in [1.82, 2.24) is 9.80 Å². The number of nitrogens with zero attached hydrogens (tertiary/aromatic N) is 2. The van der Waals surface area contributed by atoms with Crippen LogP contribution in [0.4, 0.5) is 4.39 Å². The minimum Gasteiger partial charge on any atom is -0.393 e. The van der Waals surface area contributed by atoms with Crippen LogP contribution in [-0.4, -0.2) is 59.6 Å². The fraction of sp³-hybridized carbons (Fsp3) is 0.433. The first-order valence-corrected chi connectivity index (χ1v) is 13.0. The fourth-order valence-corrected chi connectivity index (χ4v) is 6.09. The molecular weight excluding hydrogens is 439 g/mol. The molecule has 3 aromatic carbocycles. The van der Waals surface area contributed by atoms with Gasteiger partial charge >= 0.3 is 0 Å². The maximum absolute atomic E-state index is 13.6. The second-order valence-electron chi connectivity index (χ2n) is 10.3. The van der Waals surface area contributed by atoms with Crippen LogP contribution in [0.1, 0.15) is 48.0 Å². The van der Waals surface area contributed by atoms with Crippen LogP contribution in [0.3, 0.4) is 0 Å². The molecule has 0 aromatic heterocycles. The van der Waals surface area contributed by atoms with Crippen LogP contribution in [0.2, 0.25) is 0 Å². The van der Waals surface area contributed by atoms with Gasteiger partial charge in [-0.2, -0.15) is 0 Å². The van der Waals surface area contributed by atoms with Crippen molar-refractivity contribution >= 4 is 16.7 Å². The topological polar surface area (TPSA) is 43.8 Å². The largest absolute Gasteiger partial charge is 0.393 e. The van der Waals surface area contributed by atoms with Crippen molar-refractivity contribution < 1.29 is 14.3 Å². The quantitative estimate of drug-likeness (QED) is 0.526. The van der Waals surface area contributed by atoms with E-state index in [2.05, 4.69) is 4.90 Å². The van der Waals surface area contributed by atoms with E-state index in [4.69, 9.17) is 0 Å². The lowest BCUT2D eigenvalue weighted by Crippen LogP contribution is -2.40. The van der Waals surface area contributed by atoms with Gasteiger partial charge in [0.05, 0.1) is 6.10 Å². The van der Waals surface area contributed by atoms with Gasteiger partial charge in [-0.15, -0.1) is 0 Å². The molecule has 5 rings (SSSR count). The molecule has 2 heterocycles. The van der Waals surface area contributed by atoms with E-state index in [-0.39, 0.29) is 23.6 Å². The van der Waals surface area contributed by atoms with Crippen LogP contribution in [0, 0.1) is 17.7 Å². The van der Waals surface area contributed by atoms with Crippen LogP contribution in [0.5, 0.6) is 0 Å². The number of hydrogen-bond donors (Lipinski definition) is 1. The third-order valence-electron chi connectivity index (χ3n) is 8.13. The molecule has 3 aromatic rings. The van der Waals surface area contributed by atoms with E-state index in [1.807, 2.05) is 66.4 Å². The van der Waals surface area contributed by atoms with E-state index in [0.29, 0.717) is 25.4 Å². The van der Waals surface area contributed by atoms with Gasteiger partial charge in [-0.3, -0.25) is 4.79 Å². The van der Waals surface area contributed by atoms with Crippen molar-refractivity contribution in [2.45, 2.75) is 38.2 Å². The second kappa shape index (κ2) is 10.5. The normalized spacial score (nSPS) is 22.5. The van der Waals surface area contributed by atoms with Crippen molar-refractivity contribution in [3.8, 4) is 0 Å². The van der Waals surface area contributed by atoms with E-state index in [9.17, 15) is 14.3 Å². The summed E-state index contributed by atoms with van der Waals surface area (Å²) in [4.78, 5) is 18.0. The highest BCUT2D eigenvalue weighted by atomic mass is 19.1. The molecule has 0 saturated carbocycles. The van der Waals surface area contributed by atoms with Crippen LogP contribution >= 0.6 is 0 Å². The summed E-state index contributed by atoms with van der Waals surface area (Å²) < 4.78 is 13.3. The summed E-state index contributed by atoms with van der Waals surface area (Å²) in [6.45, 7) is 6.19. The number of carbonyl (C=O) groups is 1. The standard InChI is InChI=1S/C30H35FN2O2/c1-2-29(34)28-20-33(30(35)27-9-5-7-23-6-3-4-8-26(23)27)19-24(28)18-32-16-14-22(15-17-32)21-10-12-25(31)13-11-21/h3-13,22,24,28-29,34H,2,14-20H2,1H3/t24?,28-,29?/m1/s1. The summed E-state index contributed by atoms with van der Waals surface area (Å²) in [5.41, 5.74) is 1.96. The lowest BCUT2D eigenvalue weighted by atomic mass is 9.86. The van der Waals surface area contributed by atoms with E-state index in [0.717, 1.165) is 48.8 Å². The second-order valence-corrected chi connectivity index (χ2v) is 10.3. The molecule has 0 aliphatic carbocycles. The number of aliphatic hydroxyl groups excluding tert-OH is 1. The molecule has 2 aliphatic heterocycles. The number of benzene rings is 3. The minimum absolute atomic E-state index is 0.0626. The summed E-state index contributed by atoms with van der Waals surface area (Å²) >= 11 is 0. The maximum atomic E-state index is 13.6. The number of hydrogen-bond acceptors (Lipinski definition) is 3. The molecule has 184 valence electrons. The Bertz CT molecular complexity index is 1150. The molecule has 2 unspecified atom stereocenters. The van der Waals surface area contributed by atoms with Gasteiger partial charge in [0.2, 0.25) is 0 Å². The smallest absolute Gasteiger partial charge is 0.254 e. The molecular formula is C30H35FN2O2. The average molecular weight is 475 g/mol. The molecule has 3 atom stereocenters. The zero-order valence-electron chi connectivity index (χ0n) is 20.4. The Morgan fingerprint density at radius 1 is 1.00 bits per heavy atom. The van der Waals surface area contributed by atoms with Gasteiger partial charge in [0, 0.05) is 31.1 Å². The predicted molar refractivity (Wildman–Crippen MR) is 138 cm³/mol. The van der Waals surface area contributed by atoms with Gasteiger partial charge in [-0.05, 0) is 78.7 Å². The molecule has 0 spiro atoms. The van der Waals surface area contributed by atoms with E-state index >= 15 is 0 Å². The SMILES string of the molecule is CCC(O)[C@@H]1CN(C(=O)c2cccc3ccccc23)CC1CN1CCC(c2ccc(F)cc2)CC1.